The number of urea groups is 1. The fourth-order valence-corrected chi connectivity index (χ4v) is 7.31. The summed E-state index contributed by atoms with van der Waals surface area (Å²) in [4.78, 5) is 43.6. The number of pyridine rings is 1. The number of benzene rings is 1. The van der Waals surface area contributed by atoms with Gasteiger partial charge in [-0.15, -0.1) is 0 Å². The van der Waals surface area contributed by atoms with Crippen LogP contribution in [0.4, 0.5) is 4.79 Å². The third kappa shape index (κ3) is 6.64. The fraction of sp³-hybridized carbons (Fsp3) is 0.529. The Kier molecular flexibility index (Phi) is 8.70. The summed E-state index contributed by atoms with van der Waals surface area (Å²) in [5.41, 5.74) is 5.22. The van der Waals surface area contributed by atoms with Gasteiger partial charge < -0.3 is 19.7 Å². The highest BCUT2D eigenvalue weighted by Crippen LogP contribution is 2.38. The van der Waals surface area contributed by atoms with E-state index in [0.717, 1.165) is 49.2 Å². The molecule has 1 aromatic carbocycles. The second-order valence-electron chi connectivity index (χ2n) is 13.7. The number of piperazine rings is 1. The molecule has 0 radical (unpaired) electrons. The van der Waals surface area contributed by atoms with Crippen LogP contribution in [-0.2, 0) is 24.2 Å². The average Bonchev–Trinajstić information content (AvgIpc) is 3.32. The molecule has 1 N–H and O–H groups in total. The van der Waals surface area contributed by atoms with E-state index in [1.54, 1.807) is 11.1 Å². The zero-order valence-electron chi connectivity index (χ0n) is 26.3. The average molecular weight is 618 g/mol. The van der Waals surface area contributed by atoms with Gasteiger partial charge in [0.15, 0.2) is 0 Å². The van der Waals surface area contributed by atoms with E-state index in [-0.39, 0.29) is 18.0 Å². The van der Waals surface area contributed by atoms with Crippen LogP contribution in [-0.4, -0.2) is 85.5 Å². The first-order valence-electron chi connectivity index (χ1n) is 15.9. The number of halogens is 1. The maximum absolute atomic E-state index is 14.5. The van der Waals surface area contributed by atoms with Gasteiger partial charge >= 0.3 is 6.03 Å². The Morgan fingerprint density at radius 2 is 1.84 bits per heavy atom. The van der Waals surface area contributed by atoms with Crippen LogP contribution in [0.3, 0.4) is 0 Å². The summed E-state index contributed by atoms with van der Waals surface area (Å²) in [6.45, 7) is 11.6. The van der Waals surface area contributed by atoms with Crippen molar-refractivity contribution < 1.29 is 9.59 Å². The molecule has 1 unspecified atom stereocenters. The number of hydrogen-bond acceptors (Lipinski definition) is 5. The Hall–Kier alpha value is -3.43. The Morgan fingerprint density at radius 1 is 1.05 bits per heavy atom. The van der Waals surface area contributed by atoms with Gasteiger partial charge in [-0.2, -0.15) is 0 Å². The van der Waals surface area contributed by atoms with Crippen LogP contribution < -0.4 is 5.32 Å². The molecule has 2 saturated heterocycles. The third-order valence-corrected chi connectivity index (χ3v) is 9.31. The lowest BCUT2D eigenvalue weighted by Crippen LogP contribution is -2.65. The standard InChI is InChI=1S/C34H44ClN7O2/c1-23-18-39(22-37-23)19-24-8-7-13-41(20-24)32(43)29-21-40(14-15-42(29)33(44)38-34(2,3)4)31-28-10-6-5-9-25(28)11-12-26-16-27(35)17-36-30(26)31/h5-6,9-10,16-18,22,24,29,31H,7-8,11-15,19-21H2,1-4H3,(H,38,44)/t24-,29+,31?/m0/s1. The minimum Gasteiger partial charge on any atom is -0.341 e. The minimum atomic E-state index is -0.605. The Labute approximate surface area is 265 Å². The molecule has 2 fully saturated rings. The SMILES string of the molecule is Cc1cn(C[C@@H]2CCCN(C(=O)[C@H]3CN(C4c5ccccc5CCc5cc(Cl)cnc54)CCN3C(=O)NC(C)(C)C)C2)cn1. The number of amides is 3. The molecule has 3 aliphatic rings. The summed E-state index contributed by atoms with van der Waals surface area (Å²) in [5.74, 6) is 0.365. The number of carbonyl (C=O) groups is 2. The highest BCUT2D eigenvalue weighted by atomic mass is 35.5. The quantitative estimate of drug-likeness (QED) is 0.452. The second kappa shape index (κ2) is 12.5. The van der Waals surface area contributed by atoms with Gasteiger partial charge in [-0.25, -0.2) is 9.78 Å². The molecule has 4 heterocycles. The number of carbonyl (C=O) groups excluding carboxylic acids is 2. The molecule has 2 aliphatic heterocycles. The molecule has 3 amide bonds. The molecule has 0 spiro atoms. The van der Waals surface area contributed by atoms with Crippen LogP contribution in [0, 0.1) is 12.8 Å². The monoisotopic (exact) mass is 617 g/mol. The van der Waals surface area contributed by atoms with Crippen LogP contribution in [0.25, 0.3) is 0 Å². The van der Waals surface area contributed by atoms with Crippen molar-refractivity contribution in [2.45, 2.75) is 77.5 Å². The van der Waals surface area contributed by atoms with E-state index in [0.29, 0.717) is 43.7 Å². The Bertz CT molecular complexity index is 1520. The van der Waals surface area contributed by atoms with Crippen LogP contribution >= 0.6 is 11.6 Å². The van der Waals surface area contributed by atoms with E-state index >= 15 is 0 Å². The first-order chi connectivity index (χ1) is 21.1. The molecule has 234 valence electrons. The van der Waals surface area contributed by atoms with Crippen molar-refractivity contribution in [2.24, 2.45) is 5.92 Å². The number of rotatable bonds is 4. The van der Waals surface area contributed by atoms with Gasteiger partial charge in [-0.3, -0.25) is 14.7 Å². The number of piperidine rings is 1. The zero-order valence-corrected chi connectivity index (χ0v) is 27.1. The summed E-state index contributed by atoms with van der Waals surface area (Å²) >= 11 is 6.41. The zero-order chi connectivity index (χ0) is 31.0. The van der Waals surface area contributed by atoms with Crippen molar-refractivity contribution in [3.63, 3.8) is 0 Å². The number of nitrogens with one attached hydrogen (secondary N) is 1. The van der Waals surface area contributed by atoms with Gasteiger partial charge in [0.2, 0.25) is 5.91 Å². The summed E-state index contributed by atoms with van der Waals surface area (Å²) in [7, 11) is 0. The molecule has 0 bridgehead atoms. The molecule has 1 aliphatic carbocycles. The van der Waals surface area contributed by atoms with Crippen LogP contribution in [0.5, 0.6) is 0 Å². The Morgan fingerprint density at radius 3 is 2.61 bits per heavy atom. The van der Waals surface area contributed by atoms with Gasteiger partial charge in [0.25, 0.3) is 0 Å². The molecular formula is C34H44ClN7O2. The predicted octanol–water partition coefficient (Wildman–Crippen LogP) is 4.86. The number of imidazole rings is 1. The molecule has 10 heteroatoms. The largest absolute Gasteiger partial charge is 0.341 e. The maximum Gasteiger partial charge on any atom is 0.318 e. The van der Waals surface area contributed by atoms with E-state index in [9.17, 15) is 9.59 Å². The number of fused-ring (bicyclic) bond motifs is 2. The number of aryl methyl sites for hydroxylation is 3. The van der Waals surface area contributed by atoms with Crippen molar-refractivity contribution in [3.05, 3.63) is 82.2 Å². The normalized spacial score (nSPS) is 22.6. The predicted molar refractivity (Wildman–Crippen MR) is 172 cm³/mol. The van der Waals surface area contributed by atoms with Crippen LogP contribution in [0.15, 0.2) is 49.1 Å². The smallest absolute Gasteiger partial charge is 0.318 e. The van der Waals surface area contributed by atoms with Crippen molar-refractivity contribution in [1.29, 1.82) is 0 Å². The van der Waals surface area contributed by atoms with Crippen LogP contribution in [0.1, 0.15) is 67.7 Å². The third-order valence-electron chi connectivity index (χ3n) is 9.11. The second-order valence-corrected chi connectivity index (χ2v) is 14.1. The molecule has 3 aromatic rings. The fourth-order valence-electron chi connectivity index (χ4n) is 7.13. The molecule has 9 nitrogen and oxygen atoms in total. The molecule has 6 rings (SSSR count). The highest BCUT2D eigenvalue weighted by molar-refractivity contribution is 6.30. The van der Waals surface area contributed by atoms with Gasteiger partial charge in [0, 0.05) is 57.2 Å². The first kappa shape index (κ1) is 30.6. The van der Waals surface area contributed by atoms with E-state index in [1.807, 2.05) is 45.0 Å². The Balaban J connectivity index is 1.30. The van der Waals surface area contributed by atoms with E-state index in [2.05, 4.69) is 50.2 Å². The summed E-state index contributed by atoms with van der Waals surface area (Å²) in [6.07, 6.45) is 9.44. The van der Waals surface area contributed by atoms with Crippen molar-refractivity contribution >= 4 is 23.5 Å². The van der Waals surface area contributed by atoms with Gasteiger partial charge in [0.1, 0.15) is 6.04 Å². The van der Waals surface area contributed by atoms with Crippen molar-refractivity contribution in [1.82, 2.24) is 34.6 Å². The molecule has 3 atom stereocenters. The van der Waals surface area contributed by atoms with Gasteiger partial charge in [0.05, 0.1) is 28.8 Å². The summed E-state index contributed by atoms with van der Waals surface area (Å²) in [6, 6.07) is 9.67. The highest BCUT2D eigenvalue weighted by Gasteiger charge is 2.43. The van der Waals surface area contributed by atoms with E-state index in [1.165, 1.54) is 11.1 Å². The number of hydrogen-bond donors (Lipinski definition) is 1. The van der Waals surface area contributed by atoms with E-state index in [4.69, 9.17) is 16.6 Å². The number of aromatic nitrogens is 3. The van der Waals surface area contributed by atoms with Crippen LogP contribution in [0.2, 0.25) is 5.02 Å². The van der Waals surface area contributed by atoms with Crippen molar-refractivity contribution in [3.8, 4) is 0 Å². The summed E-state index contributed by atoms with van der Waals surface area (Å²) < 4.78 is 2.12. The minimum absolute atomic E-state index is 0.0245. The lowest BCUT2D eigenvalue weighted by molar-refractivity contribution is -0.140. The lowest BCUT2D eigenvalue weighted by atomic mass is 9.94. The maximum atomic E-state index is 14.5. The number of nitrogens with zero attached hydrogens (tertiary/aromatic N) is 6. The molecular weight excluding hydrogens is 574 g/mol. The van der Waals surface area contributed by atoms with Crippen molar-refractivity contribution in [2.75, 3.05) is 32.7 Å². The first-order valence-corrected chi connectivity index (χ1v) is 16.3. The summed E-state index contributed by atoms with van der Waals surface area (Å²) in [5, 5.41) is 3.76. The number of likely N-dealkylation sites (tertiary alicyclic amines) is 1. The van der Waals surface area contributed by atoms with E-state index < -0.39 is 11.6 Å². The molecule has 44 heavy (non-hydrogen) atoms. The molecule has 2 aromatic heterocycles. The lowest BCUT2D eigenvalue weighted by Gasteiger charge is -2.46. The van der Waals surface area contributed by atoms with Gasteiger partial charge in [-0.1, -0.05) is 35.9 Å². The van der Waals surface area contributed by atoms with Gasteiger partial charge in [-0.05, 0) is 82.1 Å². The molecule has 0 saturated carbocycles. The topological polar surface area (TPSA) is 86.6 Å².